The van der Waals surface area contributed by atoms with Crippen molar-refractivity contribution in [3.8, 4) is 0 Å². The second-order valence-corrected chi connectivity index (χ2v) is 9.84. The van der Waals surface area contributed by atoms with Gasteiger partial charge in [-0.3, -0.25) is 9.48 Å². The van der Waals surface area contributed by atoms with Gasteiger partial charge in [-0.05, 0) is 57.4 Å². The van der Waals surface area contributed by atoms with Crippen molar-refractivity contribution in [1.82, 2.24) is 14.7 Å². The van der Waals surface area contributed by atoms with E-state index < -0.39 is 9.84 Å². The van der Waals surface area contributed by atoms with E-state index in [9.17, 15) is 13.2 Å². The van der Waals surface area contributed by atoms with Gasteiger partial charge in [-0.2, -0.15) is 5.10 Å². The molecule has 0 spiro atoms. The van der Waals surface area contributed by atoms with Gasteiger partial charge in [0.15, 0.2) is 9.84 Å². The minimum Gasteiger partial charge on any atom is -0.337 e. The Bertz CT molecular complexity index is 992. The molecule has 0 N–H and O–H groups in total. The summed E-state index contributed by atoms with van der Waals surface area (Å²) >= 11 is 0. The summed E-state index contributed by atoms with van der Waals surface area (Å²) in [6.45, 7) is 8.34. The SMILES string of the molecule is Cc1ccc(C(=O)N(C)Cc2c(C)nn([C@H]3CCS(=O)(=O)C3)c2C)cc1C. The summed E-state index contributed by atoms with van der Waals surface area (Å²) in [4.78, 5) is 14.5. The summed E-state index contributed by atoms with van der Waals surface area (Å²) in [5.41, 5.74) is 5.69. The molecule has 1 atom stereocenters. The molecule has 0 unspecified atom stereocenters. The van der Waals surface area contributed by atoms with E-state index in [1.165, 1.54) is 0 Å². The fraction of sp³-hybridized carbons (Fsp3) is 0.500. The minimum absolute atomic E-state index is 0.0342. The van der Waals surface area contributed by atoms with Crippen molar-refractivity contribution in [1.29, 1.82) is 0 Å². The van der Waals surface area contributed by atoms with Gasteiger partial charge in [-0.1, -0.05) is 6.07 Å². The average Bonchev–Trinajstić information content (AvgIpc) is 3.10. The molecule has 0 radical (unpaired) electrons. The minimum atomic E-state index is -2.97. The number of carbonyl (C=O) groups is 1. The van der Waals surface area contributed by atoms with Crippen molar-refractivity contribution in [2.24, 2.45) is 0 Å². The Morgan fingerprint density at radius 1 is 1.22 bits per heavy atom. The van der Waals surface area contributed by atoms with Gasteiger partial charge in [0, 0.05) is 30.4 Å². The molecular formula is C20H27N3O3S. The monoisotopic (exact) mass is 389 g/mol. The van der Waals surface area contributed by atoms with Gasteiger partial charge in [0.2, 0.25) is 0 Å². The molecule has 2 aromatic rings. The number of aromatic nitrogens is 2. The predicted octanol–water partition coefficient (Wildman–Crippen LogP) is 2.75. The lowest BCUT2D eigenvalue weighted by atomic mass is 10.1. The van der Waals surface area contributed by atoms with Crippen LogP contribution in [0.1, 0.15) is 50.9 Å². The van der Waals surface area contributed by atoms with Gasteiger partial charge >= 0.3 is 0 Å². The number of hydrogen-bond donors (Lipinski definition) is 0. The zero-order valence-corrected chi connectivity index (χ0v) is 17.4. The zero-order chi connectivity index (χ0) is 19.9. The average molecular weight is 390 g/mol. The van der Waals surface area contributed by atoms with Crippen molar-refractivity contribution in [2.45, 2.75) is 46.7 Å². The van der Waals surface area contributed by atoms with Crippen LogP contribution in [-0.2, 0) is 16.4 Å². The van der Waals surface area contributed by atoms with E-state index in [-0.39, 0.29) is 23.5 Å². The number of sulfone groups is 1. The Balaban J connectivity index is 1.81. The zero-order valence-electron chi connectivity index (χ0n) is 16.6. The highest BCUT2D eigenvalue weighted by atomic mass is 32.2. The summed E-state index contributed by atoms with van der Waals surface area (Å²) in [5, 5.41) is 4.58. The van der Waals surface area contributed by atoms with Crippen molar-refractivity contribution in [2.75, 3.05) is 18.6 Å². The molecule has 1 aromatic carbocycles. The highest BCUT2D eigenvalue weighted by Crippen LogP contribution is 2.27. The first-order chi connectivity index (χ1) is 12.6. The fourth-order valence-corrected chi connectivity index (χ4v) is 5.35. The normalized spacial score (nSPS) is 18.6. The molecule has 6 nitrogen and oxygen atoms in total. The largest absolute Gasteiger partial charge is 0.337 e. The van der Waals surface area contributed by atoms with Crippen molar-refractivity contribution in [3.05, 3.63) is 51.8 Å². The van der Waals surface area contributed by atoms with E-state index in [0.717, 1.165) is 28.1 Å². The molecule has 27 heavy (non-hydrogen) atoms. The molecule has 146 valence electrons. The summed E-state index contributed by atoms with van der Waals surface area (Å²) < 4.78 is 25.4. The molecule has 1 saturated heterocycles. The Labute approximate surface area is 161 Å². The molecule has 7 heteroatoms. The quantitative estimate of drug-likeness (QED) is 0.806. The van der Waals surface area contributed by atoms with E-state index >= 15 is 0 Å². The predicted molar refractivity (Wildman–Crippen MR) is 106 cm³/mol. The van der Waals surface area contributed by atoms with Crippen molar-refractivity contribution < 1.29 is 13.2 Å². The van der Waals surface area contributed by atoms with Crippen LogP contribution in [0.15, 0.2) is 18.2 Å². The number of amides is 1. The van der Waals surface area contributed by atoms with E-state index in [1.807, 2.05) is 50.6 Å². The van der Waals surface area contributed by atoms with E-state index in [1.54, 1.807) is 11.9 Å². The number of carbonyl (C=O) groups excluding carboxylic acids is 1. The third-order valence-corrected chi connectivity index (χ3v) is 7.28. The van der Waals surface area contributed by atoms with Gasteiger partial charge in [-0.15, -0.1) is 0 Å². The maximum absolute atomic E-state index is 12.8. The first kappa shape index (κ1) is 19.6. The van der Waals surface area contributed by atoms with Gasteiger partial charge in [-0.25, -0.2) is 8.42 Å². The smallest absolute Gasteiger partial charge is 0.253 e. The first-order valence-corrected chi connectivity index (χ1v) is 11.0. The maximum atomic E-state index is 12.8. The topological polar surface area (TPSA) is 72.3 Å². The van der Waals surface area contributed by atoms with Crippen LogP contribution in [0.2, 0.25) is 0 Å². The summed E-state index contributed by atoms with van der Waals surface area (Å²) in [6.07, 6.45) is 0.598. The number of aryl methyl sites for hydroxylation is 3. The first-order valence-electron chi connectivity index (χ1n) is 9.17. The highest BCUT2D eigenvalue weighted by Gasteiger charge is 2.31. The lowest BCUT2D eigenvalue weighted by molar-refractivity contribution is 0.0784. The Hall–Kier alpha value is -2.15. The molecular weight excluding hydrogens is 362 g/mol. The second kappa shape index (κ2) is 7.11. The molecule has 1 aliphatic rings. The summed E-state index contributed by atoms with van der Waals surface area (Å²) in [7, 11) is -1.18. The standard InChI is InChI=1S/C20H27N3O3S/c1-13-6-7-17(10-14(13)2)20(24)22(5)11-19-15(3)21-23(16(19)4)18-8-9-27(25,26)12-18/h6-7,10,18H,8-9,11-12H2,1-5H3/t18-/m0/s1. The number of rotatable bonds is 4. The van der Waals surface area contributed by atoms with E-state index in [0.29, 0.717) is 18.5 Å². The molecule has 0 aliphatic carbocycles. The molecule has 1 fully saturated rings. The van der Waals surface area contributed by atoms with Crippen molar-refractivity contribution in [3.63, 3.8) is 0 Å². The Kier molecular flexibility index (Phi) is 5.16. The van der Waals surface area contributed by atoms with Crippen LogP contribution in [0.4, 0.5) is 0 Å². The van der Waals surface area contributed by atoms with Crippen LogP contribution >= 0.6 is 0 Å². The van der Waals surface area contributed by atoms with Crippen LogP contribution in [0.25, 0.3) is 0 Å². The Morgan fingerprint density at radius 2 is 1.93 bits per heavy atom. The van der Waals surface area contributed by atoms with Gasteiger partial charge in [0.1, 0.15) is 0 Å². The molecule has 1 aliphatic heterocycles. The molecule has 1 amide bonds. The van der Waals surface area contributed by atoms with Crippen LogP contribution in [-0.4, -0.2) is 47.6 Å². The van der Waals surface area contributed by atoms with Crippen molar-refractivity contribution >= 4 is 15.7 Å². The van der Waals surface area contributed by atoms with Gasteiger partial charge in [0.05, 0.1) is 23.2 Å². The molecule has 0 bridgehead atoms. The number of nitrogens with zero attached hydrogens (tertiary/aromatic N) is 3. The summed E-state index contributed by atoms with van der Waals surface area (Å²) in [6, 6.07) is 5.63. The van der Waals surface area contributed by atoms with E-state index in [4.69, 9.17) is 0 Å². The number of benzene rings is 1. The van der Waals surface area contributed by atoms with Crippen LogP contribution in [0.3, 0.4) is 0 Å². The third-order valence-electron chi connectivity index (χ3n) is 5.52. The van der Waals surface area contributed by atoms with E-state index in [2.05, 4.69) is 5.10 Å². The second-order valence-electron chi connectivity index (χ2n) is 7.61. The fourth-order valence-electron chi connectivity index (χ4n) is 3.65. The molecule has 3 rings (SSSR count). The third kappa shape index (κ3) is 3.93. The maximum Gasteiger partial charge on any atom is 0.253 e. The van der Waals surface area contributed by atoms with Crippen LogP contribution < -0.4 is 0 Å². The van der Waals surface area contributed by atoms with Gasteiger partial charge in [0.25, 0.3) is 5.91 Å². The molecule has 2 heterocycles. The Morgan fingerprint density at radius 3 is 2.52 bits per heavy atom. The van der Waals surface area contributed by atoms with Crippen LogP contribution in [0.5, 0.6) is 0 Å². The lowest BCUT2D eigenvalue weighted by Gasteiger charge is -2.19. The molecule has 1 aromatic heterocycles. The summed E-state index contributed by atoms with van der Waals surface area (Å²) in [5.74, 6) is 0.329. The highest BCUT2D eigenvalue weighted by molar-refractivity contribution is 7.91. The van der Waals surface area contributed by atoms with Crippen LogP contribution in [0, 0.1) is 27.7 Å². The molecule has 0 saturated carbocycles. The number of hydrogen-bond acceptors (Lipinski definition) is 4. The van der Waals surface area contributed by atoms with Gasteiger partial charge < -0.3 is 4.90 Å². The lowest BCUT2D eigenvalue weighted by Crippen LogP contribution is -2.27.